The van der Waals surface area contributed by atoms with Crippen molar-refractivity contribution in [3.8, 4) is 18.2 Å². The lowest BCUT2D eigenvalue weighted by Crippen LogP contribution is -2.03. The van der Waals surface area contributed by atoms with E-state index >= 15 is 0 Å². The molecule has 0 radical (unpaired) electrons. The van der Waals surface area contributed by atoms with Crippen LogP contribution in [0.25, 0.3) is 11.0 Å². The summed E-state index contributed by atoms with van der Waals surface area (Å²) in [6.45, 7) is 0. The number of halogens is 2. The summed E-state index contributed by atoms with van der Waals surface area (Å²) in [5.41, 5.74) is -0.646. The number of benzene rings is 1. The molecule has 0 aliphatic rings. The third-order valence-electron chi connectivity index (χ3n) is 2.44. The highest BCUT2D eigenvalue weighted by Gasteiger charge is 2.17. The maximum absolute atomic E-state index is 14.2. The van der Waals surface area contributed by atoms with Gasteiger partial charge in [-0.15, -0.1) is 0 Å². The Balaban J connectivity index is 2.61. The van der Waals surface area contributed by atoms with Crippen molar-refractivity contribution in [2.45, 2.75) is 0 Å². The number of allylic oxidation sites excluding steroid dienone is 2. The fourth-order valence-electron chi connectivity index (χ4n) is 1.53. The van der Waals surface area contributed by atoms with Crippen LogP contribution >= 0.6 is 11.6 Å². The van der Waals surface area contributed by atoms with E-state index in [9.17, 15) is 4.39 Å². The standard InChI is InChI=1S/C12H4ClFN6/c13-7-1-8-12(19-5-18-8)10(14)11(7)20-9(4-17)6(2-15)3-16/h1,5,20H,(H,18,19). The van der Waals surface area contributed by atoms with Crippen LogP contribution in [0, 0.1) is 39.8 Å². The van der Waals surface area contributed by atoms with Gasteiger partial charge in [-0.1, -0.05) is 11.6 Å². The molecule has 1 aromatic carbocycles. The fraction of sp³-hybridized carbons (Fsp3) is 0. The van der Waals surface area contributed by atoms with Crippen molar-refractivity contribution in [2.75, 3.05) is 5.32 Å². The molecule has 96 valence electrons. The average Bonchev–Trinajstić information content (AvgIpc) is 2.90. The molecule has 6 nitrogen and oxygen atoms in total. The van der Waals surface area contributed by atoms with E-state index in [1.807, 2.05) is 0 Å². The summed E-state index contributed by atoms with van der Waals surface area (Å²) in [6, 6.07) is 6.12. The molecule has 8 heteroatoms. The number of rotatable bonds is 2. The summed E-state index contributed by atoms with van der Waals surface area (Å²) in [6.07, 6.45) is 1.30. The Hall–Kier alpha value is -3.08. The van der Waals surface area contributed by atoms with Gasteiger partial charge < -0.3 is 10.3 Å². The number of nitrogens with zero attached hydrogens (tertiary/aromatic N) is 4. The summed E-state index contributed by atoms with van der Waals surface area (Å²) in [5, 5.41) is 28.7. The molecular weight excluding hydrogens is 283 g/mol. The first-order chi connectivity index (χ1) is 9.62. The van der Waals surface area contributed by atoms with Crippen molar-refractivity contribution in [3.63, 3.8) is 0 Å². The third-order valence-corrected chi connectivity index (χ3v) is 2.74. The summed E-state index contributed by atoms with van der Waals surface area (Å²) >= 11 is 5.91. The van der Waals surface area contributed by atoms with Crippen molar-refractivity contribution in [1.82, 2.24) is 9.97 Å². The summed E-state index contributed by atoms with van der Waals surface area (Å²) in [7, 11) is 0. The Labute approximate surface area is 117 Å². The highest BCUT2D eigenvalue weighted by molar-refractivity contribution is 6.34. The molecule has 2 aromatic rings. The van der Waals surface area contributed by atoms with Gasteiger partial charge in [-0.05, 0) is 6.07 Å². The Kier molecular flexibility index (Phi) is 3.52. The van der Waals surface area contributed by atoms with Crippen LogP contribution in [0.5, 0.6) is 0 Å². The van der Waals surface area contributed by atoms with E-state index < -0.39 is 11.4 Å². The smallest absolute Gasteiger partial charge is 0.175 e. The SMILES string of the molecule is N#CC(C#N)=C(C#N)Nc1c(Cl)cc2[nH]cnc2c1F. The highest BCUT2D eigenvalue weighted by atomic mass is 35.5. The molecule has 1 aromatic heterocycles. The molecule has 20 heavy (non-hydrogen) atoms. The van der Waals surface area contributed by atoms with Crippen molar-refractivity contribution in [3.05, 3.63) is 34.5 Å². The first-order valence-corrected chi connectivity index (χ1v) is 5.52. The van der Waals surface area contributed by atoms with Gasteiger partial charge >= 0.3 is 0 Å². The van der Waals surface area contributed by atoms with Crippen LogP contribution in [-0.2, 0) is 0 Å². The molecule has 2 rings (SSSR count). The summed E-state index contributed by atoms with van der Waals surface area (Å²) in [4.78, 5) is 6.48. The van der Waals surface area contributed by atoms with Crippen molar-refractivity contribution in [2.24, 2.45) is 0 Å². The van der Waals surface area contributed by atoms with Crippen LogP contribution in [0.2, 0.25) is 5.02 Å². The number of anilines is 1. The molecule has 0 fully saturated rings. The lowest BCUT2D eigenvalue weighted by molar-refractivity contribution is 0.641. The molecule has 0 bridgehead atoms. The number of hydrogen-bond acceptors (Lipinski definition) is 5. The van der Waals surface area contributed by atoms with E-state index in [4.69, 9.17) is 27.4 Å². The van der Waals surface area contributed by atoms with Crippen LogP contribution in [0.4, 0.5) is 10.1 Å². The molecule has 0 aliphatic carbocycles. The summed E-state index contributed by atoms with van der Waals surface area (Å²) < 4.78 is 14.2. The lowest BCUT2D eigenvalue weighted by atomic mass is 10.2. The van der Waals surface area contributed by atoms with E-state index in [2.05, 4.69) is 15.3 Å². The van der Waals surface area contributed by atoms with E-state index in [0.717, 1.165) is 0 Å². The highest BCUT2D eigenvalue weighted by Crippen LogP contribution is 2.31. The van der Waals surface area contributed by atoms with Gasteiger partial charge in [0, 0.05) is 0 Å². The molecule has 2 N–H and O–H groups in total. The van der Waals surface area contributed by atoms with E-state index in [-0.39, 0.29) is 21.9 Å². The Morgan fingerprint density at radius 2 is 2.00 bits per heavy atom. The Bertz CT molecular complexity index is 830. The zero-order chi connectivity index (χ0) is 14.7. The monoisotopic (exact) mass is 286 g/mol. The van der Waals surface area contributed by atoms with Crippen molar-refractivity contribution < 1.29 is 4.39 Å². The number of aromatic amines is 1. The summed E-state index contributed by atoms with van der Waals surface area (Å²) in [5.74, 6) is -0.781. The third kappa shape index (κ3) is 2.12. The van der Waals surface area contributed by atoms with E-state index in [0.29, 0.717) is 5.52 Å². The number of aromatic nitrogens is 2. The van der Waals surface area contributed by atoms with Gasteiger partial charge in [0.2, 0.25) is 0 Å². The van der Waals surface area contributed by atoms with Crippen LogP contribution in [0.15, 0.2) is 23.7 Å². The number of fused-ring (bicyclic) bond motifs is 1. The van der Waals surface area contributed by atoms with Gasteiger partial charge in [-0.3, -0.25) is 0 Å². The predicted octanol–water partition coefficient (Wildman–Crippen LogP) is 2.59. The van der Waals surface area contributed by atoms with Gasteiger partial charge in [0.1, 0.15) is 29.4 Å². The number of nitriles is 3. The molecule has 0 saturated carbocycles. The largest absolute Gasteiger partial charge is 0.344 e. The topological polar surface area (TPSA) is 112 Å². The molecule has 0 aliphatic heterocycles. The Morgan fingerprint density at radius 1 is 1.30 bits per heavy atom. The van der Waals surface area contributed by atoms with E-state index in [1.165, 1.54) is 12.4 Å². The minimum absolute atomic E-state index is 0.0118. The zero-order valence-corrected chi connectivity index (χ0v) is 10.5. The van der Waals surface area contributed by atoms with Crippen LogP contribution in [-0.4, -0.2) is 9.97 Å². The number of hydrogen-bond donors (Lipinski definition) is 2. The predicted molar refractivity (Wildman–Crippen MR) is 68.5 cm³/mol. The number of nitrogens with one attached hydrogen (secondary N) is 2. The maximum atomic E-state index is 14.2. The first-order valence-electron chi connectivity index (χ1n) is 5.15. The molecular formula is C12H4ClFN6. The zero-order valence-electron chi connectivity index (χ0n) is 9.70. The van der Waals surface area contributed by atoms with Gasteiger partial charge in [0.25, 0.3) is 0 Å². The fourth-order valence-corrected chi connectivity index (χ4v) is 1.77. The molecule has 0 atom stereocenters. The molecule has 0 spiro atoms. The molecule has 0 saturated heterocycles. The van der Waals surface area contributed by atoms with Gasteiger partial charge in [0.15, 0.2) is 11.4 Å². The molecule has 0 unspecified atom stereocenters. The van der Waals surface area contributed by atoms with Gasteiger partial charge in [-0.25, -0.2) is 9.37 Å². The molecule has 0 amide bonds. The van der Waals surface area contributed by atoms with E-state index in [1.54, 1.807) is 18.2 Å². The van der Waals surface area contributed by atoms with Crippen molar-refractivity contribution in [1.29, 1.82) is 15.8 Å². The number of H-pyrrole nitrogens is 1. The second-order valence-corrected chi connectivity index (χ2v) is 3.96. The van der Waals surface area contributed by atoms with Crippen LogP contribution < -0.4 is 5.32 Å². The van der Waals surface area contributed by atoms with Gasteiger partial charge in [0.05, 0.1) is 22.6 Å². The van der Waals surface area contributed by atoms with Crippen LogP contribution in [0.3, 0.4) is 0 Å². The first kappa shape index (κ1) is 13.4. The quantitative estimate of drug-likeness (QED) is 0.824. The average molecular weight is 287 g/mol. The normalized spacial score (nSPS) is 9.35. The minimum atomic E-state index is -0.781. The van der Waals surface area contributed by atoms with Gasteiger partial charge in [-0.2, -0.15) is 15.8 Å². The Morgan fingerprint density at radius 3 is 2.60 bits per heavy atom. The maximum Gasteiger partial charge on any atom is 0.175 e. The lowest BCUT2D eigenvalue weighted by Gasteiger charge is -2.08. The minimum Gasteiger partial charge on any atom is -0.344 e. The second kappa shape index (κ2) is 5.27. The van der Waals surface area contributed by atoms with Crippen LogP contribution in [0.1, 0.15) is 0 Å². The van der Waals surface area contributed by atoms with Crippen molar-refractivity contribution >= 4 is 28.3 Å². The number of imidazole rings is 1. The molecule has 1 heterocycles. The second-order valence-electron chi connectivity index (χ2n) is 3.56.